The highest BCUT2D eigenvalue weighted by Gasteiger charge is 2.22. The van der Waals surface area contributed by atoms with Crippen LogP contribution in [-0.2, 0) is 0 Å². The van der Waals surface area contributed by atoms with E-state index in [1.165, 1.54) is 10.8 Å². The van der Waals surface area contributed by atoms with Crippen molar-refractivity contribution in [1.82, 2.24) is 9.13 Å². The van der Waals surface area contributed by atoms with Crippen LogP contribution in [0.4, 0.5) is 51.2 Å². The fourth-order valence-corrected chi connectivity index (χ4v) is 10.5. The van der Waals surface area contributed by atoms with E-state index in [0.717, 1.165) is 95.4 Å². The van der Waals surface area contributed by atoms with E-state index in [4.69, 9.17) is 0 Å². The first-order valence-corrected chi connectivity index (χ1v) is 24.2. The molecule has 5 nitrogen and oxygen atoms in total. The molecule has 0 amide bonds. The van der Waals surface area contributed by atoms with Crippen molar-refractivity contribution in [1.29, 1.82) is 0 Å². The fraction of sp³-hybridized carbons (Fsp3) is 0. The Balaban J connectivity index is 1.06. The van der Waals surface area contributed by atoms with Crippen LogP contribution in [-0.4, -0.2) is 9.13 Å². The average molecular weight is 910 g/mol. The van der Waals surface area contributed by atoms with Crippen LogP contribution in [0.1, 0.15) is 0 Å². The molecule has 0 fully saturated rings. The van der Waals surface area contributed by atoms with E-state index in [2.05, 4.69) is 309 Å². The van der Waals surface area contributed by atoms with Crippen LogP contribution >= 0.6 is 0 Å². The van der Waals surface area contributed by atoms with Crippen LogP contribution in [0.3, 0.4) is 0 Å². The van der Waals surface area contributed by atoms with Gasteiger partial charge in [0.25, 0.3) is 0 Å². The van der Waals surface area contributed by atoms with Gasteiger partial charge in [-0.3, -0.25) is 0 Å². The SMILES string of the molecule is c1ccc(N(c2ccccc2)c2ccc3c(c2)c2cc(N(c4ccccc4)c4ccccc4)ccc2n3-c2ccc3c(c2)c2cc(N(c4ccccc4)c4ccccc4)ccc2n3-c2ccccc2)cc1. The van der Waals surface area contributed by atoms with Gasteiger partial charge in [0.2, 0.25) is 0 Å². The Morgan fingerprint density at radius 2 is 0.423 bits per heavy atom. The quantitative estimate of drug-likeness (QED) is 0.129. The van der Waals surface area contributed by atoms with E-state index < -0.39 is 0 Å². The molecule has 0 aliphatic rings. The number of hydrogen-bond donors (Lipinski definition) is 0. The molecule has 13 aromatic rings. The highest BCUT2D eigenvalue weighted by molar-refractivity contribution is 6.14. The Hall–Kier alpha value is -9.58. The van der Waals surface area contributed by atoms with E-state index in [9.17, 15) is 0 Å². The van der Waals surface area contributed by atoms with E-state index in [-0.39, 0.29) is 0 Å². The smallest absolute Gasteiger partial charge is 0.0542 e. The lowest BCUT2D eigenvalue weighted by molar-refractivity contribution is 1.16. The lowest BCUT2D eigenvalue weighted by atomic mass is 10.1. The second kappa shape index (κ2) is 17.8. The molecule has 0 saturated carbocycles. The predicted molar refractivity (Wildman–Crippen MR) is 299 cm³/mol. The molecule has 2 heterocycles. The van der Waals surface area contributed by atoms with E-state index in [1.807, 2.05) is 0 Å². The molecule has 13 rings (SSSR count). The molecule has 71 heavy (non-hydrogen) atoms. The number of hydrogen-bond acceptors (Lipinski definition) is 3. The van der Waals surface area contributed by atoms with Crippen LogP contribution in [0.15, 0.2) is 285 Å². The lowest BCUT2D eigenvalue weighted by Crippen LogP contribution is -2.09. The Bertz CT molecular complexity index is 3710. The first-order valence-electron chi connectivity index (χ1n) is 24.2. The van der Waals surface area contributed by atoms with Gasteiger partial charge >= 0.3 is 0 Å². The monoisotopic (exact) mass is 909 g/mol. The van der Waals surface area contributed by atoms with Gasteiger partial charge < -0.3 is 23.8 Å². The Morgan fingerprint density at radius 1 is 0.183 bits per heavy atom. The van der Waals surface area contributed by atoms with Gasteiger partial charge in [-0.1, -0.05) is 127 Å². The molecule has 0 saturated heterocycles. The summed E-state index contributed by atoms with van der Waals surface area (Å²) in [7, 11) is 0. The van der Waals surface area contributed by atoms with Crippen molar-refractivity contribution in [2.24, 2.45) is 0 Å². The molecular formula is C66H47N5. The number of anilines is 9. The molecule has 0 atom stereocenters. The minimum atomic E-state index is 1.08. The van der Waals surface area contributed by atoms with Crippen LogP contribution in [0.25, 0.3) is 55.0 Å². The topological polar surface area (TPSA) is 19.6 Å². The number of benzene rings is 11. The lowest BCUT2D eigenvalue weighted by Gasteiger charge is -2.26. The molecule has 0 spiro atoms. The van der Waals surface area contributed by atoms with Gasteiger partial charge in [-0.05, 0) is 158 Å². The highest BCUT2D eigenvalue weighted by atomic mass is 15.2. The minimum absolute atomic E-state index is 1.08. The van der Waals surface area contributed by atoms with Gasteiger partial charge in [0.1, 0.15) is 0 Å². The van der Waals surface area contributed by atoms with E-state index >= 15 is 0 Å². The van der Waals surface area contributed by atoms with E-state index in [1.54, 1.807) is 0 Å². The summed E-state index contributed by atoms with van der Waals surface area (Å²) < 4.78 is 4.86. The predicted octanol–water partition coefficient (Wildman–Crippen LogP) is 18.3. The number of aromatic nitrogens is 2. The van der Waals surface area contributed by atoms with Crippen LogP contribution in [0.2, 0.25) is 0 Å². The molecule has 2 aromatic heterocycles. The maximum absolute atomic E-state index is 2.46. The number of rotatable bonds is 11. The van der Waals surface area contributed by atoms with Gasteiger partial charge in [0, 0.05) is 84.1 Å². The molecule has 0 unspecified atom stereocenters. The van der Waals surface area contributed by atoms with Gasteiger partial charge in [-0.2, -0.15) is 0 Å². The third-order valence-corrected chi connectivity index (χ3v) is 13.6. The zero-order valence-electron chi connectivity index (χ0n) is 38.9. The first kappa shape index (κ1) is 41.6. The van der Waals surface area contributed by atoms with Gasteiger partial charge in [0.15, 0.2) is 0 Å². The van der Waals surface area contributed by atoms with Crippen molar-refractivity contribution in [2.75, 3.05) is 14.7 Å². The largest absolute Gasteiger partial charge is 0.310 e. The molecule has 11 aromatic carbocycles. The Labute approximate surface area is 413 Å². The molecule has 0 aliphatic heterocycles. The summed E-state index contributed by atoms with van der Waals surface area (Å²) in [6.45, 7) is 0. The summed E-state index contributed by atoms with van der Waals surface area (Å²) >= 11 is 0. The summed E-state index contributed by atoms with van der Waals surface area (Å²) in [6.07, 6.45) is 0. The normalized spacial score (nSPS) is 11.4. The van der Waals surface area contributed by atoms with E-state index in [0.29, 0.717) is 0 Å². The van der Waals surface area contributed by atoms with Crippen molar-refractivity contribution >= 4 is 94.8 Å². The first-order chi connectivity index (χ1) is 35.2. The second-order valence-electron chi connectivity index (χ2n) is 17.8. The molecule has 0 N–H and O–H groups in total. The molecule has 336 valence electrons. The zero-order valence-corrected chi connectivity index (χ0v) is 38.9. The zero-order chi connectivity index (χ0) is 47.1. The fourth-order valence-electron chi connectivity index (χ4n) is 10.5. The summed E-state index contributed by atoms with van der Waals surface area (Å²) in [4.78, 5) is 7.05. The van der Waals surface area contributed by atoms with Crippen molar-refractivity contribution in [3.05, 3.63) is 285 Å². The van der Waals surface area contributed by atoms with Crippen LogP contribution in [0, 0.1) is 0 Å². The maximum atomic E-state index is 2.46. The Kier molecular flexibility index (Phi) is 10.4. The third kappa shape index (κ3) is 7.45. The summed E-state index contributed by atoms with van der Waals surface area (Å²) in [5.74, 6) is 0. The maximum Gasteiger partial charge on any atom is 0.0542 e. The Morgan fingerprint density at radius 3 is 0.718 bits per heavy atom. The number of nitrogens with zero attached hydrogens (tertiary/aromatic N) is 5. The van der Waals surface area contributed by atoms with Gasteiger partial charge in [0.05, 0.1) is 22.1 Å². The summed E-state index contributed by atoms with van der Waals surface area (Å²) in [5, 5.41) is 4.67. The van der Waals surface area contributed by atoms with Gasteiger partial charge in [-0.15, -0.1) is 0 Å². The van der Waals surface area contributed by atoms with Crippen molar-refractivity contribution in [3.8, 4) is 11.4 Å². The summed E-state index contributed by atoms with van der Waals surface area (Å²) in [6, 6.07) is 102. The van der Waals surface area contributed by atoms with Crippen molar-refractivity contribution in [2.45, 2.75) is 0 Å². The average Bonchev–Trinajstić information content (AvgIpc) is 3.94. The number of fused-ring (bicyclic) bond motifs is 6. The number of para-hydroxylation sites is 7. The molecular weight excluding hydrogens is 863 g/mol. The van der Waals surface area contributed by atoms with Crippen LogP contribution in [0.5, 0.6) is 0 Å². The third-order valence-electron chi connectivity index (χ3n) is 13.6. The van der Waals surface area contributed by atoms with Crippen molar-refractivity contribution < 1.29 is 0 Å². The molecule has 0 aliphatic carbocycles. The second-order valence-corrected chi connectivity index (χ2v) is 17.8. The van der Waals surface area contributed by atoms with Gasteiger partial charge in [-0.25, -0.2) is 0 Å². The highest BCUT2D eigenvalue weighted by Crippen LogP contribution is 2.45. The molecule has 5 heteroatoms. The molecule has 0 bridgehead atoms. The molecule has 0 radical (unpaired) electrons. The van der Waals surface area contributed by atoms with Crippen molar-refractivity contribution in [3.63, 3.8) is 0 Å². The summed E-state index contributed by atoms with van der Waals surface area (Å²) in [5.41, 5.74) is 16.6. The minimum Gasteiger partial charge on any atom is -0.310 e. The van der Waals surface area contributed by atoms with Crippen LogP contribution < -0.4 is 14.7 Å². The standard InChI is InChI=1S/C66H47N5/c1-8-22-48(23-9-1)67(49-24-10-2-11-25-49)55-36-40-63-59(44-55)62-47-58(39-43-64(62)70(63)54-34-20-7-21-35-54)71-65-41-37-56(68(50-26-12-3-13-27-50)51-28-14-4-15-29-51)45-60(65)61-46-57(38-42-66(61)71)69(52-30-16-5-17-31-52)53-32-18-6-19-33-53/h1-47H.